The lowest BCUT2D eigenvalue weighted by atomic mass is 10.1. The SMILES string of the molecule is CCCNC(=O)c1cc(C)nc(NCCc2ccc(Cl)cc2)n1. The van der Waals surface area contributed by atoms with Crippen LogP contribution in [0.3, 0.4) is 0 Å². The van der Waals surface area contributed by atoms with Gasteiger partial charge in [-0.1, -0.05) is 30.7 Å². The van der Waals surface area contributed by atoms with Gasteiger partial charge in [0.05, 0.1) is 0 Å². The third-order valence-electron chi connectivity index (χ3n) is 3.23. The second kappa shape index (κ2) is 8.48. The van der Waals surface area contributed by atoms with Gasteiger partial charge in [0.25, 0.3) is 5.91 Å². The minimum atomic E-state index is -0.168. The number of anilines is 1. The first kappa shape index (κ1) is 17.2. The van der Waals surface area contributed by atoms with E-state index in [9.17, 15) is 4.79 Å². The lowest BCUT2D eigenvalue weighted by molar-refractivity contribution is 0.0948. The van der Waals surface area contributed by atoms with Crippen molar-refractivity contribution in [3.05, 3.63) is 52.3 Å². The molecule has 0 spiro atoms. The molecule has 1 aromatic heterocycles. The summed E-state index contributed by atoms with van der Waals surface area (Å²) in [5.74, 6) is 0.304. The molecular formula is C17H21ClN4O. The van der Waals surface area contributed by atoms with E-state index >= 15 is 0 Å². The number of nitrogens with zero attached hydrogens (tertiary/aromatic N) is 2. The summed E-state index contributed by atoms with van der Waals surface area (Å²) in [4.78, 5) is 20.6. The van der Waals surface area contributed by atoms with Crippen molar-refractivity contribution in [2.45, 2.75) is 26.7 Å². The Balaban J connectivity index is 1.95. The fourth-order valence-corrected chi connectivity index (χ4v) is 2.19. The highest BCUT2D eigenvalue weighted by Gasteiger charge is 2.09. The Morgan fingerprint density at radius 2 is 1.91 bits per heavy atom. The minimum Gasteiger partial charge on any atom is -0.354 e. The van der Waals surface area contributed by atoms with Gasteiger partial charge in [-0.2, -0.15) is 0 Å². The van der Waals surface area contributed by atoms with E-state index in [0.717, 1.165) is 23.6 Å². The predicted molar refractivity (Wildman–Crippen MR) is 93.0 cm³/mol. The molecule has 1 amide bonds. The van der Waals surface area contributed by atoms with Crippen molar-refractivity contribution >= 4 is 23.5 Å². The van der Waals surface area contributed by atoms with Crippen LogP contribution >= 0.6 is 11.6 Å². The molecule has 1 heterocycles. The topological polar surface area (TPSA) is 66.9 Å². The number of aromatic nitrogens is 2. The highest BCUT2D eigenvalue weighted by atomic mass is 35.5. The summed E-state index contributed by atoms with van der Waals surface area (Å²) in [6, 6.07) is 9.41. The number of carbonyl (C=O) groups is 1. The molecule has 0 atom stereocenters. The van der Waals surface area contributed by atoms with Gasteiger partial charge >= 0.3 is 0 Å². The van der Waals surface area contributed by atoms with E-state index in [0.29, 0.717) is 24.7 Å². The highest BCUT2D eigenvalue weighted by molar-refractivity contribution is 6.30. The molecule has 2 N–H and O–H groups in total. The largest absolute Gasteiger partial charge is 0.354 e. The van der Waals surface area contributed by atoms with Gasteiger partial charge in [-0.3, -0.25) is 4.79 Å². The van der Waals surface area contributed by atoms with Crippen molar-refractivity contribution < 1.29 is 4.79 Å². The van der Waals surface area contributed by atoms with E-state index in [-0.39, 0.29) is 5.91 Å². The van der Waals surface area contributed by atoms with Crippen LogP contribution in [-0.4, -0.2) is 29.0 Å². The summed E-state index contributed by atoms with van der Waals surface area (Å²) in [6.45, 7) is 5.18. The molecule has 0 unspecified atom stereocenters. The molecule has 0 aliphatic rings. The molecule has 0 bridgehead atoms. The van der Waals surface area contributed by atoms with Crippen LogP contribution in [0.2, 0.25) is 5.02 Å². The fraction of sp³-hybridized carbons (Fsp3) is 0.353. The Morgan fingerprint density at radius 1 is 1.17 bits per heavy atom. The summed E-state index contributed by atoms with van der Waals surface area (Å²) >= 11 is 5.87. The normalized spacial score (nSPS) is 10.4. The number of halogens is 1. The van der Waals surface area contributed by atoms with Crippen molar-refractivity contribution in [3.8, 4) is 0 Å². The zero-order valence-corrected chi connectivity index (χ0v) is 14.2. The standard InChI is InChI=1S/C17H21ClN4O/c1-3-9-19-16(23)15-11-12(2)21-17(22-15)20-10-8-13-4-6-14(18)7-5-13/h4-7,11H,3,8-10H2,1-2H3,(H,19,23)(H,20,21,22). The number of rotatable bonds is 7. The van der Waals surface area contributed by atoms with Crippen molar-refractivity contribution in [1.29, 1.82) is 0 Å². The Bertz CT molecular complexity index is 658. The number of hydrogen-bond acceptors (Lipinski definition) is 4. The van der Waals surface area contributed by atoms with Crippen LogP contribution in [0.5, 0.6) is 0 Å². The number of benzene rings is 1. The predicted octanol–water partition coefficient (Wildman–Crippen LogP) is 3.23. The van der Waals surface area contributed by atoms with Crippen molar-refractivity contribution in [2.24, 2.45) is 0 Å². The number of aryl methyl sites for hydroxylation is 1. The van der Waals surface area contributed by atoms with Crippen molar-refractivity contribution in [3.63, 3.8) is 0 Å². The van der Waals surface area contributed by atoms with Crippen LogP contribution < -0.4 is 10.6 Å². The van der Waals surface area contributed by atoms with Gasteiger partial charge in [0.2, 0.25) is 5.95 Å². The molecule has 0 saturated carbocycles. The van der Waals surface area contributed by atoms with E-state index in [1.807, 2.05) is 38.1 Å². The summed E-state index contributed by atoms with van der Waals surface area (Å²) in [7, 11) is 0. The zero-order valence-electron chi connectivity index (χ0n) is 13.4. The fourth-order valence-electron chi connectivity index (χ4n) is 2.06. The molecule has 0 fully saturated rings. The molecule has 0 saturated heterocycles. The first-order valence-corrected chi connectivity index (χ1v) is 8.08. The van der Waals surface area contributed by atoms with Crippen molar-refractivity contribution in [2.75, 3.05) is 18.4 Å². The molecule has 6 heteroatoms. The lowest BCUT2D eigenvalue weighted by Crippen LogP contribution is -2.25. The second-order valence-electron chi connectivity index (χ2n) is 5.28. The van der Waals surface area contributed by atoms with E-state index in [1.54, 1.807) is 6.07 Å². The van der Waals surface area contributed by atoms with Crippen molar-refractivity contribution in [1.82, 2.24) is 15.3 Å². The zero-order chi connectivity index (χ0) is 16.7. The van der Waals surface area contributed by atoms with Crippen LogP contribution in [-0.2, 0) is 6.42 Å². The van der Waals surface area contributed by atoms with Crippen LogP contribution in [0.15, 0.2) is 30.3 Å². The maximum Gasteiger partial charge on any atom is 0.270 e. The number of hydrogen-bond donors (Lipinski definition) is 2. The Morgan fingerprint density at radius 3 is 2.61 bits per heavy atom. The van der Waals surface area contributed by atoms with Gasteiger partial charge in [0.1, 0.15) is 5.69 Å². The average molecular weight is 333 g/mol. The van der Waals surface area contributed by atoms with E-state index in [4.69, 9.17) is 11.6 Å². The molecule has 5 nitrogen and oxygen atoms in total. The van der Waals surface area contributed by atoms with E-state index in [1.165, 1.54) is 5.56 Å². The number of carbonyl (C=O) groups excluding carboxylic acids is 1. The Labute approximate surface area is 141 Å². The van der Waals surface area contributed by atoms with E-state index in [2.05, 4.69) is 20.6 Å². The maximum absolute atomic E-state index is 12.0. The molecule has 2 rings (SSSR count). The smallest absolute Gasteiger partial charge is 0.270 e. The maximum atomic E-state index is 12.0. The average Bonchev–Trinajstić information content (AvgIpc) is 2.54. The Kier molecular flexibility index (Phi) is 6.35. The third-order valence-corrected chi connectivity index (χ3v) is 3.48. The first-order valence-electron chi connectivity index (χ1n) is 7.70. The monoisotopic (exact) mass is 332 g/mol. The summed E-state index contributed by atoms with van der Waals surface area (Å²) < 4.78 is 0. The van der Waals surface area contributed by atoms with Gasteiger partial charge in [0.15, 0.2) is 0 Å². The minimum absolute atomic E-state index is 0.168. The molecular weight excluding hydrogens is 312 g/mol. The Hall–Kier alpha value is -2.14. The van der Waals surface area contributed by atoms with Gasteiger partial charge in [-0.15, -0.1) is 0 Å². The van der Waals surface area contributed by atoms with E-state index < -0.39 is 0 Å². The summed E-state index contributed by atoms with van der Waals surface area (Å²) in [6.07, 6.45) is 1.72. The molecule has 122 valence electrons. The first-order chi connectivity index (χ1) is 11.1. The lowest BCUT2D eigenvalue weighted by Gasteiger charge is -2.08. The third kappa shape index (κ3) is 5.53. The molecule has 0 radical (unpaired) electrons. The van der Waals surface area contributed by atoms with Crippen LogP contribution in [0.1, 0.15) is 35.1 Å². The van der Waals surface area contributed by atoms with Crippen LogP contribution in [0.4, 0.5) is 5.95 Å². The molecule has 23 heavy (non-hydrogen) atoms. The van der Waals surface area contributed by atoms with Gasteiger partial charge in [0, 0.05) is 23.8 Å². The molecule has 2 aromatic rings. The highest BCUT2D eigenvalue weighted by Crippen LogP contribution is 2.10. The van der Waals surface area contributed by atoms with Crippen LogP contribution in [0.25, 0.3) is 0 Å². The molecule has 0 aliphatic carbocycles. The summed E-state index contributed by atoms with van der Waals surface area (Å²) in [5, 5.41) is 6.71. The second-order valence-corrected chi connectivity index (χ2v) is 5.71. The molecule has 1 aromatic carbocycles. The quantitative estimate of drug-likeness (QED) is 0.817. The molecule has 0 aliphatic heterocycles. The number of amides is 1. The van der Waals surface area contributed by atoms with Gasteiger partial charge < -0.3 is 10.6 Å². The van der Waals surface area contributed by atoms with Gasteiger partial charge in [-0.05, 0) is 43.5 Å². The summed E-state index contributed by atoms with van der Waals surface area (Å²) in [5.41, 5.74) is 2.33. The van der Waals surface area contributed by atoms with Crippen LogP contribution in [0, 0.1) is 6.92 Å². The number of nitrogens with one attached hydrogen (secondary N) is 2. The van der Waals surface area contributed by atoms with Gasteiger partial charge in [-0.25, -0.2) is 9.97 Å².